The highest BCUT2D eigenvalue weighted by atomic mass is 16.5. The molecule has 1 atom stereocenters. The average Bonchev–Trinajstić information content (AvgIpc) is 2.08. The summed E-state index contributed by atoms with van der Waals surface area (Å²) >= 11 is 0. The van der Waals surface area contributed by atoms with Crippen LogP contribution in [0, 0.1) is 0 Å². The van der Waals surface area contributed by atoms with E-state index in [4.69, 9.17) is 4.74 Å². The highest BCUT2D eigenvalue weighted by Crippen LogP contribution is 2.22. The second-order valence-corrected chi connectivity index (χ2v) is 5.54. The minimum Gasteiger partial charge on any atom is -0.386 e. The molecule has 0 aromatic heterocycles. The Balaban J connectivity index is 2.76. The fourth-order valence-electron chi connectivity index (χ4n) is 1.79. The summed E-state index contributed by atoms with van der Waals surface area (Å²) in [4.78, 5) is 2.27. The molecule has 1 N–H and O–H groups in total. The summed E-state index contributed by atoms with van der Waals surface area (Å²) in [6.07, 6.45) is 0. The van der Waals surface area contributed by atoms with Crippen molar-refractivity contribution < 1.29 is 9.84 Å². The summed E-state index contributed by atoms with van der Waals surface area (Å²) in [6.45, 7) is 12.3. The molecule has 0 bridgehead atoms. The molecule has 1 fully saturated rings. The van der Waals surface area contributed by atoms with Crippen molar-refractivity contribution in [1.29, 1.82) is 0 Å². The summed E-state index contributed by atoms with van der Waals surface area (Å²) in [5.41, 5.74) is -0.886. The Morgan fingerprint density at radius 3 is 2.29 bits per heavy atom. The maximum atomic E-state index is 10.0. The molecular weight excluding hydrogens is 178 g/mol. The topological polar surface area (TPSA) is 32.7 Å². The predicted octanol–water partition coefficient (Wildman–Crippen LogP) is 1.26. The van der Waals surface area contributed by atoms with Crippen LogP contribution in [-0.4, -0.2) is 46.9 Å². The summed E-state index contributed by atoms with van der Waals surface area (Å²) < 4.78 is 5.69. The lowest BCUT2D eigenvalue weighted by Crippen LogP contribution is -2.45. The minimum absolute atomic E-state index is 0.162. The molecule has 0 radical (unpaired) electrons. The molecule has 0 aliphatic carbocycles. The monoisotopic (exact) mass is 201 g/mol. The Morgan fingerprint density at radius 2 is 1.79 bits per heavy atom. The molecule has 0 aromatic rings. The molecule has 1 saturated heterocycles. The summed E-state index contributed by atoms with van der Waals surface area (Å²) in [5, 5.41) is 10.0. The van der Waals surface area contributed by atoms with Gasteiger partial charge in [0.1, 0.15) is 0 Å². The zero-order valence-corrected chi connectivity index (χ0v) is 10.0. The van der Waals surface area contributed by atoms with Crippen LogP contribution in [0.5, 0.6) is 0 Å². The van der Waals surface area contributed by atoms with Gasteiger partial charge in [0.25, 0.3) is 0 Å². The minimum atomic E-state index is -0.724. The highest BCUT2D eigenvalue weighted by molar-refractivity contribution is 4.88. The van der Waals surface area contributed by atoms with Crippen molar-refractivity contribution in [1.82, 2.24) is 4.90 Å². The first kappa shape index (κ1) is 12.0. The van der Waals surface area contributed by atoms with Crippen LogP contribution >= 0.6 is 0 Å². The number of hydrogen-bond acceptors (Lipinski definition) is 3. The van der Waals surface area contributed by atoms with Gasteiger partial charge in [-0.05, 0) is 34.6 Å². The molecule has 0 unspecified atom stereocenters. The van der Waals surface area contributed by atoms with E-state index in [9.17, 15) is 5.11 Å². The molecule has 3 heteroatoms. The third-order valence-electron chi connectivity index (χ3n) is 2.63. The van der Waals surface area contributed by atoms with E-state index in [1.807, 2.05) is 6.92 Å². The van der Waals surface area contributed by atoms with Gasteiger partial charge in [-0.2, -0.15) is 0 Å². The van der Waals surface area contributed by atoms with E-state index in [2.05, 4.69) is 32.6 Å². The Bertz CT molecular complexity index is 181. The lowest BCUT2D eigenvalue weighted by molar-refractivity contribution is -0.0738. The van der Waals surface area contributed by atoms with Crippen molar-refractivity contribution in [2.75, 3.05) is 19.7 Å². The SMILES string of the molecule is CC(C)N1CC(C)(C)OC[C@](C)(O)C1. The third-order valence-corrected chi connectivity index (χ3v) is 2.63. The molecule has 0 spiro atoms. The molecular formula is C11H23NO2. The summed E-state index contributed by atoms with van der Waals surface area (Å²) in [7, 11) is 0. The van der Waals surface area contributed by atoms with Crippen molar-refractivity contribution in [3.05, 3.63) is 0 Å². The van der Waals surface area contributed by atoms with Gasteiger partial charge < -0.3 is 9.84 Å². The third kappa shape index (κ3) is 3.23. The fourth-order valence-corrected chi connectivity index (χ4v) is 1.79. The lowest BCUT2D eigenvalue weighted by Gasteiger charge is -2.32. The molecule has 84 valence electrons. The molecule has 14 heavy (non-hydrogen) atoms. The van der Waals surface area contributed by atoms with Gasteiger partial charge in [0.15, 0.2) is 0 Å². The zero-order valence-electron chi connectivity index (χ0n) is 10.0. The molecule has 1 rings (SSSR count). The van der Waals surface area contributed by atoms with Crippen molar-refractivity contribution in [3.8, 4) is 0 Å². The van der Waals surface area contributed by atoms with Crippen LogP contribution < -0.4 is 0 Å². The number of β-amino-alcohol motifs (C(OH)–C–C–N with tert-alkyl or cyclic N) is 1. The Kier molecular flexibility index (Phi) is 3.24. The maximum absolute atomic E-state index is 10.0. The van der Waals surface area contributed by atoms with E-state index >= 15 is 0 Å². The fraction of sp³-hybridized carbons (Fsp3) is 1.00. The Hall–Kier alpha value is -0.120. The largest absolute Gasteiger partial charge is 0.386 e. The molecule has 0 amide bonds. The van der Waals surface area contributed by atoms with Crippen molar-refractivity contribution in [3.63, 3.8) is 0 Å². The van der Waals surface area contributed by atoms with Crippen LogP contribution in [0.2, 0.25) is 0 Å². The smallest absolute Gasteiger partial charge is 0.0978 e. The van der Waals surface area contributed by atoms with E-state index in [1.165, 1.54) is 0 Å². The molecule has 1 heterocycles. The van der Waals surface area contributed by atoms with Gasteiger partial charge in [0, 0.05) is 19.1 Å². The van der Waals surface area contributed by atoms with E-state index in [0.29, 0.717) is 19.2 Å². The number of aliphatic hydroxyl groups is 1. The summed E-state index contributed by atoms with van der Waals surface area (Å²) in [6, 6.07) is 0.447. The molecule has 3 nitrogen and oxygen atoms in total. The number of rotatable bonds is 1. The normalized spacial score (nSPS) is 34.5. The van der Waals surface area contributed by atoms with Gasteiger partial charge in [-0.15, -0.1) is 0 Å². The quantitative estimate of drug-likeness (QED) is 0.693. The number of ether oxygens (including phenoxy) is 1. The van der Waals surface area contributed by atoms with Crippen molar-refractivity contribution >= 4 is 0 Å². The molecule has 1 aliphatic rings. The molecule has 0 aromatic carbocycles. The average molecular weight is 201 g/mol. The first-order chi connectivity index (χ1) is 6.22. The molecule has 0 saturated carbocycles. The van der Waals surface area contributed by atoms with Crippen LogP contribution in [-0.2, 0) is 4.74 Å². The molecule has 1 aliphatic heterocycles. The highest BCUT2D eigenvalue weighted by Gasteiger charge is 2.35. The Morgan fingerprint density at radius 1 is 1.21 bits per heavy atom. The van der Waals surface area contributed by atoms with E-state index < -0.39 is 5.60 Å². The van der Waals surface area contributed by atoms with E-state index in [-0.39, 0.29) is 5.60 Å². The van der Waals surface area contributed by atoms with Gasteiger partial charge >= 0.3 is 0 Å². The van der Waals surface area contributed by atoms with E-state index in [1.54, 1.807) is 0 Å². The lowest BCUT2D eigenvalue weighted by atomic mass is 10.1. The first-order valence-corrected chi connectivity index (χ1v) is 5.32. The van der Waals surface area contributed by atoms with Gasteiger partial charge in [0.05, 0.1) is 17.8 Å². The second kappa shape index (κ2) is 3.80. The van der Waals surface area contributed by atoms with Crippen molar-refractivity contribution in [2.45, 2.75) is 51.9 Å². The van der Waals surface area contributed by atoms with Gasteiger partial charge in [-0.1, -0.05) is 0 Å². The maximum Gasteiger partial charge on any atom is 0.0978 e. The van der Waals surface area contributed by atoms with Crippen LogP contribution in [0.3, 0.4) is 0 Å². The summed E-state index contributed by atoms with van der Waals surface area (Å²) in [5.74, 6) is 0. The van der Waals surface area contributed by atoms with Crippen LogP contribution in [0.4, 0.5) is 0 Å². The number of nitrogens with zero attached hydrogens (tertiary/aromatic N) is 1. The van der Waals surface area contributed by atoms with Crippen LogP contribution in [0.1, 0.15) is 34.6 Å². The number of hydrogen-bond donors (Lipinski definition) is 1. The second-order valence-electron chi connectivity index (χ2n) is 5.54. The van der Waals surface area contributed by atoms with Crippen molar-refractivity contribution in [2.24, 2.45) is 0 Å². The van der Waals surface area contributed by atoms with E-state index in [0.717, 1.165) is 6.54 Å². The predicted molar refractivity (Wildman–Crippen MR) is 57.4 cm³/mol. The van der Waals surface area contributed by atoms with Gasteiger partial charge in [0.2, 0.25) is 0 Å². The first-order valence-electron chi connectivity index (χ1n) is 5.32. The standard InChI is InChI=1S/C11H23NO2/c1-9(2)12-6-10(3,4)14-8-11(5,13)7-12/h9,13H,6-8H2,1-5H3/t11-/m1/s1. The van der Waals surface area contributed by atoms with Crippen LogP contribution in [0.25, 0.3) is 0 Å². The zero-order chi connectivity index (χ0) is 11.0. The van der Waals surface area contributed by atoms with Crippen LogP contribution in [0.15, 0.2) is 0 Å². The van der Waals surface area contributed by atoms with Gasteiger partial charge in [-0.3, -0.25) is 4.90 Å². The van der Waals surface area contributed by atoms with Gasteiger partial charge in [-0.25, -0.2) is 0 Å². The Labute approximate surface area is 87.1 Å².